The Morgan fingerprint density at radius 1 is 1.15 bits per heavy atom. The van der Waals surface area contributed by atoms with Gasteiger partial charge < -0.3 is 15.5 Å². The molecule has 3 N–H and O–H groups in total. The van der Waals surface area contributed by atoms with Crippen LogP contribution in [0.25, 0.3) is 5.52 Å². The van der Waals surface area contributed by atoms with Gasteiger partial charge in [0.25, 0.3) is 0 Å². The molecule has 0 radical (unpaired) electrons. The lowest BCUT2D eigenvalue weighted by molar-refractivity contribution is -0.117. The summed E-state index contributed by atoms with van der Waals surface area (Å²) in [5, 5.41) is 18.6. The van der Waals surface area contributed by atoms with Crippen molar-refractivity contribution in [1.29, 1.82) is 0 Å². The van der Waals surface area contributed by atoms with Crippen LogP contribution in [-0.4, -0.2) is 43.3 Å². The Kier molecular flexibility index (Phi) is 4.94. The van der Waals surface area contributed by atoms with E-state index >= 15 is 0 Å². The van der Waals surface area contributed by atoms with E-state index in [1.807, 2.05) is 53.6 Å². The summed E-state index contributed by atoms with van der Waals surface area (Å²) in [6, 6.07) is 13.0. The van der Waals surface area contributed by atoms with Crippen LogP contribution in [0.4, 0.5) is 23.3 Å². The molecule has 4 heterocycles. The molecule has 1 aromatic carbocycles. The molecule has 4 aromatic rings. The molecule has 0 unspecified atom stereocenters. The molecular formula is C23H24N8OS. The number of fused-ring (bicyclic) bond motifs is 1. The zero-order chi connectivity index (χ0) is 22.4. The minimum atomic E-state index is -0.339. The van der Waals surface area contributed by atoms with E-state index in [2.05, 4.69) is 38.6 Å². The summed E-state index contributed by atoms with van der Waals surface area (Å²) in [6.07, 6.45) is 5.94. The van der Waals surface area contributed by atoms with Gasteiger partial charge in [-0.05, 0) is 62.1 Å². The van der Waals surface area contributed by atoms with E-state index < -0.39 is 0 Å². The van der Waals surface area contributed by atoms with Crippen LogP contribution >= 0.6 is 12.6 Å². The van der Waals surface area contributed by atoms with Crippen molar-refractivity contribution in [3.63, 3.8) is 0 Å². The Labute approximate surface area is 196 Å². The summed E-state index contributed by atoms with van der Waals surface area (Å²) < 4.78 is 1.79. The van der Waals surface area contributed by atoms with Crippen molar-refractivity contribution in [3.05, 3.63) is 54.4 Å². The highest BCUT2D eigenvalue weighted by molar-refractivity contribution is 7.80. The Hall–Kier alpha value is -3.53. The number of amides is 1. The van der Waals surface area contributed by atoms with Crippen molar-refractivity contribution in [2.24, 2.45) is 0 Å². The molecule has 1 saturated carbocycles. The van der Waals surface area contributed by atoms with Crippen LogP contribution in [0.2, 0.25) is 0 Å². The zero-order valence-electron chi connectivity index (χ0n) is 17.9. The van der Waals surface area contributed by atoms with E-state index in [9.17, 15) is 4.79 Å². The number of hydrogen-bond acceptors (Lipinski definition) is 7. The van der Waals surface area contributed by atoms with Gasteiger partial charge in [-0.25, -0.2) is 4.52 Å². The fourth-order valence-electron chi connectivity index (χ4n) is 4.31. The second kappa shape index (κ2) is 8.11. The molecule has 0 spiro atoms. The maximum absolute atomic E-state index is 13.1. The summed E-state index contributed by atoms with van der Waals surface area (Å²) in [7, 11) is 0. The molecule has 9 nitrogen and oxygen atoms in total. The number of aromatic amines is 1. The van der Waals surface area contributed by atoms with E-state index in [-0.39, 0.29) is 11.9 Å². The standard InChI is InChI=1S/C23H24N8OS/c32-22(24-15-7-9-16(33)10-8-15)19-4-1-11-30(19)23-26-21(18-3-2-12-31(18)29-23)25-20-13-17(27-28-20)14-5-6-14/h2-3,7-10,12-14,19,33H,1,4-6,11H2,(H,24,32)(H2,25,26,27,28,29)/t19-/m0/s1. The highest BCUT2D eigenvalue weighted by Crippen LogP contribution is 2.39. The quantitative estimate of drug-likeness (QED) is 0.325. The number of H-pyrrole nitrogens is 1. The number of anilines is 4. The van der Waals surface area contributed by atoms with Gasteiger partial charge in [0.05, 0.1) is 0 Å². The number of rotatable bonds is 6. The SMILES string of the molecule is O=C(Nc1ccc(S)cc1)[C@@H]1CCCN1c1nc(Nc2cc(C3CC3)[nH]n2)c2cccn2n1. The van der Waals surface area contributed by atoms with Gasteiger partial charge in [0.15, 0.2) is 11.6 Å². The minimum absolute atomic E-state index is 0.0634. The molecule has 1 atom stereocenters. The molecule has 3 aromatic heterocycles. The summed E-state index contributed by atoms with van der Waals surface area (Å²) in [5.74, 6) is 2.44. The summed E-state index contributed by atoms with van der Waals surface area (Å²) in [4.78, 5) is 20.7. The highest BCUT2D eigenvalue weighted by Gasteiger charge is 2.33. The molecule has 1 aliphatic carbocycles. The first-order chi connectivity index (χ1) is 16.1. The van der Waals surface area contributed by atoms with Crippen LogP contribution in [0.3, 0.4) is 0 Å². The molecule has 10 heteroatoms. The smallest absolute Gasteiger partial charge is 0.247 e. The van der Waals surface area contributed by atoms with Crippen LogP contribution in [0.1, 0.15) is 37.3 Å². The molecule has 2 aliphatic rings. The van der Waals surface area contributed by atoms with Gasteiger partial charge in [-0.15, -0.1) is 17.7 Å². The number of aromatic nitrogens is 5. The third-order valence-corrected chi connectivity index (χ3v) is 6.49. The Morgan fingerprint density at radius 2 is 2.00 bits per heavy atom. The topological polar surface area (TPSA) is 103 Å². The van der Waals surface area contributed by atoms with Gasteiger partial charge in [-0.2, -0.15) is 10.1 Å². The zero-order valence-corrected chi connectivity index (χ0v) is 18.8. The third-order valence-electron chi connectivity index (χ3n) is 6.19. The fourth-order valence-corrected chi connectivity index (χ4v) is 4.46. The molecule has 1 saturated heterocycles. The average molecular weight is 461 g/mol. The molecule has 0 bridgehead atoms. The van der Waals surface area contributed by atoms with Crippen LogP contribution in [-0.2, 0) is 4.79 Å². The minimum Gasteiger partial charge on any atom is -0.327 e. The van der Waals surface area contributed by atoms with Gasteiger partial charge in [0, 0.05) is 41.0 Å². The van der Waals surface area contributed by atoms with Gasteiger partial charge in [-0.3, -0.25) is 9.89 Å². The van der Waals surface area contributed by atoms with Crippen LogP contribution in [0.15, 0.2) is 53.6 Å². The second-order valence-electron chi connectivity index (χ2n) is 8.59. The van der Waals surface area contributed by atoms with Crippen molar-refractivity contribution in [2.45, 2.75) is 42.5 Å². The maximum Gasteiger partial charge on any atom is 0.247 e. The molecular weight excluding hydrogens is 436 g/mol. The summed E-state index contributed by atoms with van der Waals surface area (Å²) in [5.41, 5.74) is 2.75. The number of nitrogens with zero attached hydrogens (tertiary/aromatic N) is 5. The number of carbonyl (C=O) groups excluding carboxylic acids is 1. The fraction of sp³-hybridized carbons (Fsp3) is 0.304. The Bertz CT molecular complexity index is 1310. The lowest BCUT2D eigenvalue weighted by Crippen LogP contribution is -2.40. The molecule has 33 heavy (non-hydrogen) atoms. The number of carbonyl (C=O) groups is 1. The first-order valence-corrected chi connectivity index (χ1v) is 11.6. The van der Waals surface area contributed by atoms with Crippen molar-refractivity contribution in [1.82, 2.24) is 24.8 Å². The van der Waals surface area contributed by atoms with Crippen molar-refractivity contribution >= 4 is 47.3 Å². The molecule has 168 valence electrons. The van der Waals surface area contributed by atoms with Gasteiger partial charge >= 0.3 is 0 Å². The first kappa shape index (κ1) is 20.1. The van der Waals surface area contributed by atoms with Crippen molar-refractivity contribution in [3.8, 4) is 0 Å². The predicted octanol–water partition coefficient (Wildman–Crippen LogP) is 3.97. The Morgan fingerprint density at radius 3 is 2.82 bits per heavy atom. The molecule has 1 amide bonds. The van der Waals surface area contributed by atoms with E-state index in [0.29, 0.717) is 24.2 Å². The Balaban J connectivity index is 1.27. The van der Waals surface area contributed by atoms with Crippen molar-refractivity contribution in [2.75, 3.05) is 22.1 Å². The average Bonchev–Trinajstić information content (AvgIpc) is 3.20. The van der Waals surface area contributed by atoms with E-state index in [1.54, 1.807) is 4.52 Å². The van der Waals surface area contributed by atoms with Crippen molar-refractivity contribution < 1.29 is 4.79 Å². The highest BCUT2D eigenvalue weighted by atomic mass is 32.1. The monoisotopic (exact) mass is 460 g/mol. The molecule has 2 fully saturated rings. The number of thiol groups is 1. The van der Waals surface area contributed by atoms with E-state index in [4.69, 9.17) is 4.98 Å². The number of hydrogen-bond donors (Lipinski definition) is 4. The lowest BCUT2D eigenvalue weighted by atomic mass is 10.2. The third kappa shape index (κ3) is 4.02. The van der Waals surface area contributed by atoms with Crippen LogP contribution in [0.5, 0.6) is 0 Å². The molecule has 6 rings (SSSR count). The van der Waals surface area contributed by atoms with Gasteiger partial charge in [0.2, 0.25) is 11.9 Å². The van der Waals surface area contributed by atoms with Crippen LogP contribution < -0.4 is 15.5 Å². The molecule has 1 aliphatic heterocycles. The van der Waals surface area contributed by atoms with Gasteiger partial charge in [0.1, 0.15) is 11.6 Å². The lowest BCUT2D eigenvalue weighted by Gasteiger charge is -2.24. The second-order valence-corrected chi connectivity index (χ2v) is 9.11. The number of nitrogens with one attached hydrogen (secondary N) is 3. The van der Waals surface area contributed by atoms with Gasteiger partial charge in [-0.1, -0.05) is 0 Å². The summed E-state index contributed by atoms with van der Waals surface area (Å²) in [6.45, 7) is 0.716. The maximum atomic E-state index is 13.1. The summed E-state index contributed by atoms with van der Waals surface area (Å²) >= 11 is 4.30. The first-order valence-electron chi connectivity index (χ1n) is 11.2. The van der Waals surface area contributed by atoms with E-state index in [0.717, 1.165) is 40.5 Å². The normalized spacial score (nSPS) is 18.1. The largest absolute Gasteiger partial charge is 0.327 e. The number of benzene rings is 1. The van der Waals surface area contributed by atoms with Crippen LogP contribution in [0, 0.1) is 0 Å². The predicted molar refractivity (Wildman–Crippen MR) is 130 cm³/mol. The van der Waals surface area contributed by atoms with E-state index in [1.165, 1.54) is 12.8 Å².